The van der Waals surface area contributed by atoms with E-state index < -0.39 is 5.97 Å². The van der Waals surface area contributed by atoms with Crippen LogP contribution in [-0.4, -0.2) is 36.1 Å². The van der Waals surface area contributed by atoms with Crippen LogP contribution in [0, 0.1) is 23.7 Å². The Labute approximate surface area is 125 Å². The van der Waals surface area contributed by atoms with Crippen molar-refractivity contribution in [2.45, 2.75) is 51.0 Å². The van der Waals surface area contributed by atoms with E-state index >= 15 is 0 Å². The minimum atomic E-state index is -0.731. The number of hydrogen-bond acceptors (Lipinski definition) is 3. The Bertz CT molecular complexity index is 406. The summed E-state index contributed by atoms with van der Waals surface area (Å²) in [5.74, 6) is 0.281. The van der Waals surface area contributed by atoms with Gasteiger partial charge in [0.05, 0.1) is 5.92 Å². The third-order valence-corrected chi connectivity index (χ3v) is 5.77. The molecule has 118 valence electrons. The summed E-state index contributed by atoms with van der Waals surface area (Å²) in [7, 11) is 0. The quantitative estimate of drug-likeness (QED) is 0.716. The lowest BCUT2D eigenvalue weighted by Crippen LogP contribution is -2.46. The van der Waals surface area contributed by atoms with Crippen LogP contribution in [0.25, 0.3) is 0 Å². The Kier molecular flexibility index (Phi) is 4.48. The first-order chi connectivity index (χ1) is 10.1. The van der Waals surface area contributed by atoms with Gasteiger partial charge in [-0.15, -0.1) is 0 Å². The van der Waals surface area contributed by atoms with Crippen LogP contribution in [0.5, 0.6) is 0 Å². The molecule has 0 radical (unpaired) electrons. The minimum Gasteiger partial charge on any atom is -0.481 e. The second-order valence-corrected chi connectivity index (χ2v) is 7.02. The second kappa shape index (κ2) is 6.34. The molecule has 2 bridgehead atoms. The van der Waals surface area contributed by atoms with Crippen molar-refractivity contribution in [2.24, 2.45) is 23.7 Å². The zero-order valence-corrected chi connectivity index (χ0v) is 12.5. The highest BCUT2D eigenvalue weighted by Crippen LogP contribution is 2.48. The molecule has 2 aliphatic carbocycles. The van der Waals surface area contributed by atoms with E-state index in [0.29, 0.717) is 18.3 Å². The van der Waals surface area contributed by atoms with E-state index in [2.05, 4.69) is 10.6 Å². The number of carbonyl (C=O) groups is 2. The van der Waals surface area contributed by atoms with Crippen LogP contribution in [0.15, 0.2) is 0 Å². The predicted molar refractivity (Wildman–Crippen MR) is 78.7 cm³/mol. The third-order valence-electron chi connectivity index (χ3n) is 5.77. The summed E-state index contributed by atoms with van der Waals surface area (Å²) >= 11 is 0. The Morgan fingerprint density at radius 3 is 2.52 bits per heavy atom. The Balaban J connectivity index is 1.48. The van der Waals surface area contributed by atoms with Crippen molar-refractivity contribution in [1.82, 2.24) is 10.6 Å². The van der Waals surface area contributed by atoms with Crippen molar-refractivity contribution in [2.75, 3.05) is 13.1 Å². The maximum absolute atomic E-state index is 12.2. The van der Waals surface area contributed by atoms with Crippen LogP contribution in [0.2, 0.25) is 0 Å². The number of rotatable bonds is 5. The Hall–Kier alpha value is -1.10. The van der Waals surface area contributed by atoms with E-state index in [1.807, 2.05) is 0 Å². The van der Waals surface area contributed by atoms with Gasteiger partial charge in [0.15, 0.2) is 0 Å². The van der Waals surface area contributed by atoms with Gasteiger partial charge in [-0.1, -0.05) is 0 Å². The van der Waals surface area contributed by atoms with Gasteiger partial charge >= 0.3 is 5.97 Å². The van der Waals surface area contributed by atoms with E-state index in [1.165, 1.54) is 0 Å². The molecule has 1 amide bonds. The van der Waals surface area contributed by atoms with Crippen molar-refractivity contribution in [3.05, 3.63) is 0 Å². The maximum atomic E-state index is 12.2. The van der Waals surface area contributed by atoms with Gasteiger partial charge in [-0.3, -0.25) is 9.59 Å². The first-order valence-corrected chi connectivity index (χ1v) is 8.38. The molecular formula is C16H26N2O3. The molecule has 3 aliphatic rings. The highest BCUT2D eigenvalue weighted by Gasteiger charge is 2.51. The van der Waals surface area contributed by atoms with E-state index in [1.54, 1.807) is 0 Å². The zero-order valence-electron chi connectivity index (χ0n) is 12.5. The topological polar surface area (TPSA) is 78.4 Å². The molecule has 5 heteroatoms. The molecular weight excluding hydrogens is 268 g/mol. The lowest BCUT2D eigenvalue weighted by atomic mass is 9.84. The van der Waals surface area contributed by atoms with Gasteiger partial charge in [0, 0.05) is 12.5 Å². The van der Waals surface area contributed by atoms with Crippen LogP contribution in [0.4, 0.5) is 0 Å². The number of amides is 1. The molecule has 0 spiro atoms. The molecule has 1 aliphatic heterocycles. The average molecular weight is 294 g/mol. The standard InChI is InChI=1S/C16H26N2O3/c19-13(4-1-10-5-7-17-8-6-10)18-15-12-3-2-11(9-12)14(15)16(20)21/h10-12,14-15,17H,1-9H2,(H,18,19)(H,20,21). The van der Waals surface area contributed by atoms with Gasteiger partial charge < -0.3 is 15.7 Å². The number of aliphatic carboxylic acids is 1. The number of carboxylic acids is 1. The SMILES string of the molecule is O=C(CCC1CCNCC1)NC1C2CCC(C2)C1C(=O)O. The number of carbonyl (C=O) groups excluding carboxylic acids is 1. The fraction of sp³-hybridized carbons (Fsp3) is 0.875. The number of fused-ring (bicyclic) bond motifs is 2. The van der Waals surface area contributed by atoms with Crippen LogP contribution in [0.1, 0.15) is 44.9 Å². The zero-order chi connectivity index (χ0) is 14.8. The van der Waals surface area contributed by atoms with Crippen molar-refractivity contribution >= 4 is 11.9 Å². The number of hydrogen-bond donors (Lipinski definition) is 3. The normalized spacial score (nSPS) is 35.8. The van der Waals surface area contributed by atoms with Crippen molar-refractivity contribution in [3.8, 4) is 0 Å². The maximum Gasteiger partial charge on any atom is 0.308 e. The summed E-state index contributed by atoms with van der Waals surface area (Å²) in [5, 5.41) is 15.8. The lowest BCUT2D eigenvalue weighted by molar-refractivity contribution is -0.144. The van der Waals surface area contributed by atoms with Gasteiger partial charge in [0.2, 0.25) is 5.91 Å². The molecule has 2 saturated carbocycles. The van der Waals surface area contributed by atoms with Crippen molar-refractivity contribution in [3.63, 3.8) is 0 Å². The highest BCUT2D eigenvalue weighted by atomic mass is 16.4. The number of piperidine rings is 1. The molecule has 1 saturated heterocycles. The summed E-state index contributed by atoms with van der Waals surface area (Å²) < 4.78 is 0. The van der Waals surface area contributed by atoms with Gasteiger partial charge in [-0.25, -0.2) is 0 Å². The lowest BCUT2D eigenvalue weighted by Gasteiger charge is -2.29. The smallest absolute Gasteiger partial charge is 0.308 e. The van der Waals surface area contributed by atoms with Crippen molar-refractivity contribution in [1.29, 1.82) is 0 Å². The van der Waals surface area contributed by atoms with E-state index in [-0.39, 0.29) is 23.8 Å². The fourth-order valence-corrected chi connectivity index (χ4v) is 4.62. The molecule has 0 aromatic carbocycles. The molecule has 4 atom stereocenters. The molecule has 3 rings (SSSR count). The Morgan fingerprint density at radius 2 is 1.81 bits per heavy atom. The first kappa shape index (κ1) is 14.8. The molecule has 21 heavy (non-hydrogen) atoms. The highest BCUT2D eigenvalue weighted by molar-refractivity contribution is 5.78. The number of nitrogens with one attached hydrogen (secondary N) is 2. The van der Waals surface area contributed by atoms with E-state index in [9.17, 15) is 14.7 Å². The molecule has 3 fully saturated rings. The summed E-state index contributed by atoms with van der Waals surface area (Å²) in [6.45, 7) is 2.11. The summed E-state index contributed by atoms with van der Waals surface area (Å²) in [6, 6.07) is -0.123. The predicted octanol–water partition coefficient (Wildman–Crippen LogP) is 1.38. The minimum absolute atomic E-state index is 0.0531. The van der Waals surface area contributed by atoms with Gasteiger partial charge in [-0.05, 0) is 69.4 Å². The summed E-state index contributed by atoms with van der Waals surface area (Å²) in [6.07, 6.45) is 6.86. The van der Waals surface area contributed by atoms with Gasteiger partial charge in [0.1, 0.15) is 0 Å². The van der Waals surface area contributed by atoms with E-state index in [4.69, 9.17) is 0 Å². The third kappa shape index (κ3) is 3.23. The summed E-state index contributed by atoms with van der Waals surface area (Å²) in [4.78, 5) is 23.6. The van der Waals surface area contributed by atoms with Gasteiger partial charge in [0.25, 0.3) is 0 Å². The number of carboxylic acid groups (broad SMARTS) is 1. The Morgan fingerprint density at radius 1 is 1.10 bits per heavy atom. The average Bonchev–Trinajstić information content (AvgIpc) is 3.07. The second-order valence-electron chi connectivity index (χ2n) is 7.02. The van der Waals surface area contributed by atoms with E-state index in [0.717, 1.165) is 51.6 Å². The van der Waals surface area contributed by atoms with Crippen LogP contribution in [0.3, 0.4) is 0 Å². The van der Waals surface area contributed by atoms with Crippen LogP contribution >= 0.6 is 0 Å². The molecule has 5 nitrogen and oxygen atoms in total. The fourth-order valence-electron chi connectivity index (χ4n) is 4.62. The van der Waals surface area contributed by atoms with Gasteiger partial charge in [-0.2, -0.15) is 0 Å². The molecule has 0 aromatic rings. The largest absolute Gasteiger partial charge is 0.481 e. The molecule has 1 heterocycles. The molecule has 3 N–H and O–H groups in total. The monoisotopic (exact) mass is 294 g/mol. The molecule has 4 unspecified atom stereocenters. The van der Waals surface area contributed by atoms with Crippen LogP contribution in [-0.2, 0) is 9.59 Å². The van der Waals surface area contributed by atoms with Crippen molar-refractivity contribution < 1.29 is 14.7 Å². The summed E-state index contributed by atoms with van der Waals surface area (Å²) in [5.41, 5.74) is 0. The van der Waals surface area contributed by atoms with Crippen LogP contribution < -0.4 is 10.6 Å². The first-order valence-electron chi connectivity index (χ1n) is 8.38. The molecule has 0 aromatic heterocycles.